The highest BCUT2D eigenvalue weighted by atomic mass is 16.6. The molecule has 0 radical (unpaired) electrons. The third-order valence-electron chi connectivity index (χ3n) is 8.46. The molecule has 0 aromatic heterocycles. The van der Waals surface area contributed by atoms with Crippen molar-refractivity contribution in [2.45, 2.75) is 57.7 Å². The lowest BCUT2D eigenvalue weighted by molar-refractivity contribution is -0.267. The fourth-order valence-electron chi connectivity index (χ4n) is 7.29. The van der Waals surface area contributed by atoms with Crippen LogP contribution < -0.4 is 0 Å². The van der Waals surface area contributed by atoms with Crippen LogP contribution in [0.15, 0.2) is 12.2 Å². The molecule has 5 rings (SSSR count). The Morgan fingerprint density at radius 3 is 2.52 bits per heavy atom. The van der Waals surface area contributed by atoms with Crippen molar-refractivity contribution in [3.63, 3.8) is 0 Å². The van der Waals surface area contributed by atoms with Gasteiger partial charge in [-0.15, -0.1) is 0 Å². The van der Waals surface area contributed by atoms with Crippen molar-refractivity contribution < 1.29 is 34.4 Å². The summed E-state index contributed by atoms with van der Waals surface area (Å²) in [6.07, 6.45) is -2.71. The molecule has 148 valence electrons. The van der Waals surface area contributed by atoms with Crippen LogP contribution >= 0.6 is 0 Å². The van der Waals surface area contributed by atoms with Gasteiger partial charge in [0.1, 0.15) is 11.5 Å². The molecule has 5 aliphatic rings. The lowest BCUT2D eigenvalue weighted by Crippen LogP contribution is -2.72. The first-order chi connectivity index (χ1) is 12.6. The van der Waals surface area contributed by atoms with Crippen LogP contribution in [0.2, 0.25) is 0 Å². The summed E-state index contributed by atoms with van der Waals surface area (Å²) >= 11 is 0. The van der Waals surface area contributed by atoms with Gasteiger partial charge in [-0.1, -0.05) is 20.4 Å². The van der Waals surface area contributed by atoms with Gasteiger partial charge in [0, 0.05) is 23.7 Å². The minimum absolute atomic E-state index is 0.0842. The largest absolute Gasteiger partial charge is 0.461 e. The van der Waals surface area contributed by atoms with E-state index in [1.807, 2.05) is 13.8 Å². The van der Waals surface area contributed by atoms with Crippen molar-refractivity contribution in [2.75, 3.05) is 6.61 Å². The molecule has 2 aliphatic heterocycles. The predicted molar refractivity (Wildman–Crippen MR) is 91.0 cm³/mol. The molecule has 2 bridgehead atoms. The fourth-order valence-corrected chi connectivity index (χ4v) is 7.29. The summed E-state index contributed by atoms with van der Waals surface area (Å²) in [6.45, 7) is 7.68. The Morgan fingerprint density at radius 2 is 1.81 bits per heavy atom. The number of allylic oxidation sites excluding steroid dienone is 1. The van der Waals surface area contributed by atoms with E-state index in [0.717, 1.165) is 0 Å². The minimum atomic E-state index is -1.46. The smallest absolute Gasteiger partial charge is 0.320 e. The Hall–Kier alpha value is -1.28. The van der Waals surface area contributed by atoms with Crippen LogP contribution in [-0.2, 0) is 19.1 Å². The molecule has 0 aromatic rings. The second-order valence-electron chi connectivity index (χ2n) is 9.77. The molecule has 2 heterocycles. The highest BCUT2D eigenvalue weighted by Crippen LogP contribution is 2.71. The molecule has 2 spiro atoms. The van der Waals surface area contributed by atoms with Crippen molar-refractivity contribution in [3.05, 3.63) is 12.2 Å². The SMILES string of the molecule is C=C1C(=O)C23CC1CC(O)C2C12COC(O)C1C(C)(C)C(O)CC2OC3=O. The lowest BCUT2D eigenvalue weighted by Gasteiger charge is -2.63. The number of hydrogen-bond donors (Lipinski definition) is 3. The molecule has 9 atom stereocenters. The molecule has 3 saturated carbocycles. The van der Waals surface area contributed by atoms with Gasteiger partial charge in [0.25, 0.3) is 0 Å². The first-order valence-corrected chi connectivity index (χ1v) is 9.69. The van der Waals surface area contributed by atoms with Crippen molar-refractivity contribution in [2.24, 2.45) is 34.0 Å². The molecular formula is C20H26O7. The van der Waals surface area contributed by atoms with Gasteiger partial charge in [0.05, 0.1) is 18.8 Å². The zero-order valence-electron chi connectivity index (χ0n) is 15.6. The van der Waals surface area contributed by atoms with Crippen molar-refractivity contribution in [1.29, 1.82) is 0 Å². The van der Waals surface area contributed by atoms with Gasteiger partial charge >= 0.3 is 5.97 Å². The van der Waals surface area contributed by atoms with Gasteiger partial charge in [0.15, 0.2) is 12.1 Å². The van der Waals surface area contributed by atoms with Crippen molar-refractivity contribution >= 4 is 11.8 Å². The number of esters is 1. The van der Waals surface area contributed by atoms with E-state index in [9.17, 15) is 24.9 Å². The van der Waals surface area contributed by atoms with Crippen LogP contribution in [-0.4, -0.2) is 58.3 Å². The average Bonchev–Trinajstić information content (AvgIpc) is 3.03. The number of aliphatic hydroxyl groups is 3. The van der Waals surface area contributed by atoms with Crippen molar-refractivity contribution in [3.8, 4) is 0 Å². The number of Topliss-reactive ketones (excluding diaryl/α,β-unsaturated/α-hetero) is 1. The van der Waals surface area contributed by atoms with Crippen LogP contribution in [0.3, 0.4) is 0 Å². The second kappa shape index (κ2) is 5.00. The zero-order chi connectivity index (χ0) is 19.5. The van der Waals surface area contributed by atoms with E-state index in [-0.39, 0.29) is 24.7 Å². The topological polar surface area (TPSA) is 113 Å². The Kier molecular flexibility index (Phi) is 3.30. The molecular weight excluding hydrogens is 352 g/mol. The van der Waals surface area contributed by atoms with E-state index < -0.39 is 58.7 Å². The number of carbonyl (C=O) groups excluding carboxylic acids is 2. The summed E-state index contributed by atoms with van der Waals surface area (Å²) in [5.74, 6) is -2.47. The molecule has 7 nitrogen and oxygen atoms in total. The van der Waals surface area contributed by atoms with Gasteiger partial charge in [-0.2, -0.15) is 0 Å². The van der Waals surface area contributed by atoms with E-state index in [4.69, 9.17) is 9.47 Å². The Morgan fingerprint density at radius 1 is 1.11 bits per heavy atom. The van der Waals surface area contributed by atoms with E-state index in [1.54, 1.807) is 0 Å². The maximum Gasteiger partial charge on any atom is 0.320 e. The van der Waals surface area contributed by atoms with Crippen LogP contribution in [0.25, 0.3) is 0 Å². The maximum absolute atomic E-state index is 13.2. The van der Waals surface area contributed by atoms with Gasteiger partial charge in [-0.05, 0) is 29.7 Å². The number of carbonyl (C=O) groups is 2. The Bertz CT molecular complexity index is 759. The maximum atomic E-state index is 13.2. The third kappa shape index (κ3) is 1.74. The number of hydrogen-bond acceptors (Lipinski definition) is 7. The second-order valence-corrected chi connectivity index (χ2v) is 9.77. The first-order valence-electron chi connectivity index (χ1n) is 9.69. The normalized spacial score (nSPS) is 55.6. The van der Waals surface area contributed by atoms with E-state index in [1.165, 1.54) is 0 Å². The standard InChI is InChI=1S/C20H26O7/c1-8-9-4-10(21)13-19(6-9,15(8)23)17(25)27-12-5-11(22)18(2,3)14-16(24)26-7-20(12,13)14/h9-14,16,21-22,24H,1,4-7H2,2-3H3. The number of fused-ring (bicyclic) bond motifs is 1. The molecule has 3 aliphatic carbocycles. The van der Waals surface area contributed by atoms with Gasteiger partial charge in [-0.25, -0.2) is 0 Å². The summed E-state index contributed by atoms with van der Waals surface area (Å²) in [5.41, 5.74) is -2.72. The third-order valence-corrected chi connectivity index (χ3v) is 8.46. The number of ether oxygens (including phenoxy) is 2. The van der Waals surface area contributed by atoms with Gasteiger partial charge < -0.3 is 24.8 Å². The molecule has 3 N–H and O–H groups in total. The average molecular weight is 378 g/mol. The van der Waals surface area contributed by atoms with Crippen LogP contribution in [0.1, 0.15) is 33.1 Å². The number of rotatable bonds is 0. The molecule has 5 fully saturated rings. The number of aliphatic hydroxyl groups excluding tert-OH is 3. The molecule has 9 unspecified atom stereocenters. The van der Waals surface area contributed by atoms with Gasteiger partial charge in [-0.3, -0.25) is 9.59 Å². The lowest BCUT2D eigenvalue weighted by atomic mass is 9.43. The Balaban J connectivity index is 1.75. The van der Waals surface area contributed by atoms with Crippen LogP contribution in [0, 0.1) is 34.0 Å². The highest BCUT2D eigenvalue weighted by Gasteiger charge is 2.80. The summed E-state index contributed by atoms with van der Waals surface area (Å²) in [4.78, 5) is 26.3. The predicted octanol–water partition coefficient (Wildman–Crippen LogP) is 0.166. The zero-order valence-corrected chi connectivity index (χ0v) is 15.6. The molecule has 7 heteroatoms. The molecule has 2 saturated heterocycles. The van der Waals surface area contributed by atoms with E-state index in [2.05, 4.69) is 6.58 Å². The van der Waals surface area contributed by atoms with E-state index >= 15 is 0 Å². The van der Waals surface area contributed by atoms with Crippen LogP contribution in [0.5, 0.6) is 0 Å². The number of ketones is 1. The van der Waals surface area contributed by atoms with E-state index in [0.29, 0.717) is 18.4 Å². The summed E-state index contributed by atoms with van der Waals surface area (Å²) in [5, 5.41) is 32.5. The molecule has 0 aromatic carbocycles. The highest BCUT2D eigenvalue weighted by molar-refractivity contribution is 6.15. The molecule has 27 heavy (non-hydrogen) atoms. The van der Waals surface area contributed by atoms with Crippen LogP contribution in [0.4, 0.5) is 0 Å². The summed E-state index contributed by atoms with van der Waals surface area (Å²) in [6, 6.07) is 0. The minimum Gasteiger partial charge on any atom is -0.461 e. The first kappa shape index (κ1) is 17.8. The Labute approximate surface area is 157 Å². The monoisotopic (exact) mass is 378 g/mol. The van der Waals surface area contributed by atoms with Gasteiger partial charge in [0.2, 0.25) is 0 Å². The van der Waals surface area contributed by atoms with Crippen molar-refractivity contribution in [1.82, 2.24) is 0 Å². The summed E-state index contributed by atoms with van der Waals surface area (Å²) in [7, 11) is 0. The quantitative estimate of drug-likeness (QED) is 0.313. The molecule has 0 amide bonds. The fraction of sp³-hybridized carbons (Fsp3) is 0.800. The summed E-state index contributed by atoms with van der Waals surface area (Å²) < 4.78 is 11.5.